The van der Waals surface area contributed by atoms with E-state index in [1.54, 1.807) is 6.92 Å². The molecular formula is C20H23FN2O6. The van der Waals surface area contributed by atoms with E-state index in [4.69, 9.17) is 18.9 Å². The number of hydrogen-bond acceptors (Lipinski definition) is 6. The van der Waals surface area contributed by atoms with Gasteiger partial charge in [-0.25, -0.2) is 4.39 Å². The van der Waals surface area contributed by atoms with E-state index in [2.05, 4.69) is 10.6 Å². The van der Waals surface area contributed by atoms with Crippen molar-refractivity contribution in [2.24, 2.45) is 0 Å². The van der Waals surface area contributed by atoms with E-state index in [9.17, 15) is 14.0 Å². The van der Waals surface area contributed by atoms with Gasteiger partial charge >= 0.3 is 0 Å². The number of carbonyl (C=O) groups is 2. The summed E-state index contributed by atoms with van der Waals surface area (Å²) in [5.74, 6) is -0.720. The van der Waals surface area contributed by atoms with E-state index >= 15 is 0 Å². The van der Waals surface area contributed by atoms with Gasteiger partial charge in [-0.3, -0.25) is 9.59 Å². The lowest BCUT2D eigenvalue weighted by Gasteiger charge is -2.15. The average Bonchev–Trinajstić information content (AvgIpc) is 2.73. The molecule has 0 aliphatic heterocycles. The first kappa shape index (κ1) is 21.8. The van der Waals surface area contributed by atoms with Gasteiger partial charge in [0.05, 0.1) is 39.7 Å². The van der Waals surface area contributed by atoms with Crippen LogP contribution < -0.4 is 29.6 Å². The molecule has 156 valence electrons. The molecule has 0 aromatic heterocycles. The monoisotopic (exact) mass is 406 g/mol. The maximum atomic E-state index is 14.5. The summed E-state index contributed by atoms with van der Waals surface area (Å²) in [5, 5.41) is 5.17. The van der Waals surface area contributed by atoms with Gasteiger partial charge in [-0.15, -0.1) is 0 Å². The summed E-state index contributed by atoms with van der Waals surface area (Å²) >= 11 is 0. The largest absolute Gasteiger partial charge is 0.494 e. The highest BCUT2D eigenvalue weighted by Gasteiger charge is 2.20. The van der Waals surface area contributed by atoms with Crippen molar-refractivity contribution in [3.8, 4) is 23.0 Å². The van der Waals surface area contributed by atoms with E-state index in [0.717, 1.165) is 6.07 Å². The Hall–Kier alpha value is -3.49. The van der Waals surface area contributed by atoms with Crippen molar-refractivity contribution in [2.45, 2.75) is 13.3 Å². The van der Waals surface area contributed by atoms with Crippen LogP contribution in [-0.4, -0.2) is 40.3 Å². The summed E-state index contributed by atoms with van der Waals surface area (Å²) in [5.41, 5.74) is 0.223. The third-order valence-electron chi connectivity index (χ3n) is 4.05. The third-order valence-corrected chi connectivity index (χ3v) is 4.05. The molecule has 8 nitrogen and oxygen atoms in total. The number of ether oxygens (including phenoxy) is 4. The predicted molar refractivity (Wildman–Crippen MR) is 106 cm³/mol. The number of halogens is 1. The van der Waals surface area contributed by atoms with Crippen molar-refractivity contribution in [2.75, 3.05) is 39.1 Å². The fourth-order valence-electron chi connectivity index (χ4n) is 2.59. The molecule has 0 saturated heterocycles. The molecule has 0 radical (unpaired) electrons. The third kappa shape index (κ3) is 4.87. The van der Waals surface area contributed by atoms with Crippen LogP contribution in [0, 0.1) is 5.82 Å². The predicted octanol–water partition coefficient (Wildman–Crippen LogP) is 3.46. The topological polar surface area (TPSA) is 95.1 Å². The van der Waals surface area contributed by atoms with Crippen molar-refractivity contribution >= 4 is 23.2 Å². The first-order valence-electron chi connectivity index (χ1n) is 8.67. The minimum atomic E-state index is -0.804. The van der Waals surface area contributed by atoms with Crippen LogP contribution in [0.5, 0.6) is 23.0 Å². The van der Waals surface area contributed by atoms with Gasteiger partial charge in [-0.2, -0.15) is 0 Å². The zero-order valence-electron chi connectivity index (χ0n) is 16.8. The quantitative estimate of drug-likeness (QED) is 0.697. The Labute approximate surface area is 167 Å². The molecule has 0 aliphatic carbocycles. The summed E-state index contributed by atoms with van der Waals surface area (Å²) < 4.78 is 35.3. The number of rotatable bonds is 8. The summed E-state index contributed by atoms with van der Waals surface area (Å²) in [6.45, 7) is 1.67. The van der Waals surface area contributed by atoms with Gasteiger partial charge in [-0.1, -0.05) is 6.92 Å². The van der Waals surface area contributed by atoms with Crippen molar-refractivity contribution in [3.05, 3.63) is 35.6 Å². The molecule has 0 spiro atoms. The summed E-state index contributed by atoms with van der Waals surface area (Å²) in [4.78, 5) is 24.4. The number of anilines is 2. The zero-order chi connectivity index (χ0) is 21.6. The first-order valence-corrected chi connectivity index (χ1v) is 8.67. The lowest BCUT2D eigenvalue weighted by molar-refractivity contribution is -0.115. The van der Waals surface area contributed by atoms with Gasteiger partial charge < -0.3 is 29.6 Å². The van der Waals surface area contributed by atoms with Crippen LogP contribution in [-0.2, 0) is 4.79 Å². The molecule has 0 heterocycles. The van der Waals surface area contributed by atoms with Crippen LogP contribution in [0.3, 0.4) is 0 Å². The molecule has 0 aliphatic rings. The summed E-state index contributed by atoms with van der Waals surface area (Å²) in [6.07, 6.45) is 0.216. The SMILES string of the molecule is CCC(=O)Nc1cc(C(=O)Nc2cc(OC)c(OC)c(OC)c2)c(F)cc1OC. The number of carbonyl (C=O) groups excluding carboxylic acids is 2. The number of hydrogen-bond donors (Lipinski definition) is 2. The fourth-order valence-corrected chi connectivity index (χ4v) is 2.59. The second-order valence-corrected chi connectivity index (χ2v) is 5.80. The lowest BCUT2D eigenvalue weighted by atomic mass is 10.1. The minimum Gasteiger partial charge on any atom is -0.494 e. The normalized spacial score (nSPS) is 10.1. The highest BCUT2D eigenvalue weighted by atomic mass is 19.1. The van der Waals surface area contributed by atoms with Gasteiger partial charge in [0.2, 0.25) is 11.7 Å². The number of methoxy groups -OCH3 is 4. The molecule has 2 aromatic rings. The molecule has 0 fully saturated rings. The minimum absolute atomic E-state index is 0.105. The Morgan fingerprint density at radius 1 is 0.862 bits per heavy atom. The second kappa shape index (κ2) is 9.63. The molecule has 0 atom stereocenters. The Balaban J connectivity index is 2.40. The maximum absolute atomic E-state index is 14.5. The number of nitrogens with one attached hydrogen (secondary N) is 2. The Kier molecular flexibility index (Phi) is 7.24. The van der Waals surface area contributed by atoms with Gasteiger partial charge in [0.15, 0.2) is 11.5 Å². The van der Waals surface area contributed by atoms with E-state index < -0.39 is 11.7 Å². The molecule has 0 bridgehead atoms. The van der Waals surface area contributed by atoms with Crippen LogP contribution in [0.2, 0.25) is 0 Å². The smallest absolute Gasteiger partial charge is 0.258 e. The van der Waals surface area contributed by atoms with Gasteiger partial charge in [0.1, 0.15) is 11.6 Å². The highest BCUT2D eigenvalue weighted by molar-refractivity contribution is 6.06. The van der Waals surface area contributed by atoms with Gasteiger partial charge in [0, 0.05) is 30.3 Å². The van der Waals surface area contributed by atoms with Gasteiger partial charge in [-0.05, 0) is 6.07 Å². The zero-order valence-corrected chi connectivity index (χ0v) is 16.8. The van der Waals surface area contributed by atoms with Crippen LogP contribution >= 0.6 is 0 Å². The van der Waals surface area contributed by atoms with E-state index in [-0.39, 0.29) is 29.3 Å². The molecule has 2 aromatic carbocycles. The molecule has 29 heavy (non-hydrogen) atoms. The van der Waals surface area contributed by atoms with Crippen molar-refractivity contribution < 1.29 is 32.9 Å². The van der Waals surface area contributed by atoms with Crippen LogP contribution in [0.25, 0.3) is 0 Å². The highest BCUT2D eigenvalue weighted by Crippen LogP contribution is 2.40. The second-order valence-electron chi connectivity index (χ2n) is 5.80. The van der Waals surface area contributed by atoms with Gasteiger partial charge in [0.25, 0.3) is 5.91 Å². The average molecular weight is 406 g/mol. The Bertz CT molecular complexity index is 891. The Morgan fingerprint density at radius 3 is 1.93 bits per heavy atom. The first-order chi connectivity index (χ1) is 13.9. The van der Waals surface area contributed by atoms with Crippen LogP contribution in [0.4, 0.5) is 15.8 Å². The lowest BCUT2D eigenvalue weighted by Crippen LogP contribution is -2.16. The summed E-state index contributed by atoms with van der Waals surface area (Å²) in [6, 6.07) is 5.28. The standard InChI is InChI=1S/C20H23FN2O6/c1-6-18(24)23-14-9-12(13(21)10-15(14)26-2)20(25)22-11-7-16(27-3)19(29-5)17(8-11)28-4/h7-10H,6H2,1-5H3,(H,22,25)(H,23,24). The summed E-state index contributed by atoms with van der Waals surface area (Å²) in [7, 11) is 5.67. The van der Waals surface area contributed by atoms with E-state index in [0.29, 0.717) is 22.9 Å². The molecule has 9 heteroatoms. The van der Waals surface area contributed by atoms with Crippen LogP contribution in [0.15, 0.2) is 24.3 Å². The molecular weight excluding hydrogens is 383 g/mol. The maximum Gasteiger partial charge on any atom is 0.258 e. The van der Waals surface area contributed by atoms with Crippen molar-refractivity contribution in [3.63, 3.8) is 0 Å². The number of benzene rings is 2. The molecule has 2 amide bonds. The Morgan fingerprint density at radius 2 is 1.45 bits per heavy atom. The molecule has 2 N–H and O–H groups in total. The fraction of sp³-hybridized carbons (Fsp3) is 0.300. The van der Waals surface area contributed by atoms with Crippen LogP contribution in [0.1, 0.15) is 23.7 Å². The number of amides is 2. The van der Waals surface area contributed by atoms with E-state index in [1.807, 2.05) is 0 Å². The van der Waals surface area contributed by atoms with E-state index in [1.165, 1.54) is 46.6 Å². The molecule has 0 saturated carbocycles. The van der Waals surface area contributed by atoms with Crippen molar-refractivity contribution in [1.82, 2.24) is 0 Å². The molecule has 0 unspecified atom stereocenters. The van der Waals surface area contributed by atoms with Crippen molar-refractivity contribution in [1.29, 1.82) is 0 Å². The molecule has 2 rings (SSSR count).